The summed E-state index contributed by atoms with van der Waals surface area (Å²) < 4.78 is 1.98. The molecule has 6 nitrogen and oxygen atoms in total. The number of aromatic nitrogens is 2. The van der Waals surface area contributed by atoms with E-state index in [2.05, 4.69) is 33.9 Å². The SMILES string of the molecule is Cc1nn(Cc2ccccc2)c(C)c1CNC(=O)NCCSCc1ccccc1C#N. The molecule has 0 bridgehead atoms. The van der Waals surface area contributed by atoms with E-state index in [0.717, 1.165) is 34.0 Å². The molecule has 31 heavy (non-hydrogen) atoms. The van der Waals surface area contributed by atoms with E-state index in [9.17, 15) is 4.79 Å². The first-order valence-electron chi connectivity index (χ1n) is 10.2. The Hall–Kier alpha value is -3.24. The predicted octanol–water partition coefficient (Wildman–Crippen LogP) is 4.15. The van der Waals surface area contributed by atoms with Crippen molar-refractivity contribution >= 4 is 17.8 Å². The molecule has 0 unspecified atom stereocenters. The van der Waals surface area contributed by atoms with E-state index in [1.54, 1.807) is 11.8 Å². The summed E-state index contributed by atoms with van der Waals surface area (Å²) in [5.41, 5.74) is 5.97. The first-order chi connectivity index (χ1) is 15.1. The quantitative estimate of drug-likeness (QED) is 0.497. The van der Waals surface area contributed by atoms with Gasteiger partial charge in [-0.25, -0.2) is 4.79 Å². The lowest BCUT2D eigenvalue weighted by molar-refractivity contribution is 0.241. The molecule has 160 valence electrons. The summed E-state index contributed by atoms with van der Waals surface area (Å²) in [6, 6.07) is 19.8. The summed E-state index contributed by atoms with van der Waals surface area (Å²) in [4.78, 5) is 12.2. The van der Waals surface area contributed by atoms with Crippen LogP contribution in [0.15, 0.2) is 54.6 Å². The van der Waals surface area contributed by atoms with E-state index < -0.39 is 0 Å². The van der Waals surface area contributed by atoms with Gasteiger partial charge in [-0.1, -0.05) is 48.5 Å². The fraction of sp³-hybridized carbons (Fsp3) is 0.292. The highest BCUT2D eigenvalue weighted by atomic mass is 32.2. The topological polar surface area (TPSA) is 82.7 Å². The summed E-state index contributed by atoms with van der Waals surface area (Å²) >= 11 is 1.69. The van der Waals surface area contributed by atoms with E-state index in [1.807, 2.05) is 61.0 Å². The number of carbonyl (C=O) groups excluding carboxylic acids is 1. The lowest BCUT2D eigenvalue weighted by Crippen LogP contribution is -2.36. The van der Waals surface area contributed by atoms with Gasteiger partial charge in [-0.05, 0) is 31.0 Å². The Morgan fingerprint density at radius 1 is 1.10 bits per heavy atom. The number of carbonyl (C=O) groups is 1. The van der Waals surface area contributed by atoms with Gasteiger partial charge in [0.05, 0.1) is 23.9 Å². The van der Waals surface area contributed by atoms with Crippen LogP contribution in [0.2, 0.25) is 0 Å². The average Bonchev–Trinajstić information content (AvgIpc) is 3.05. The number of urea groups is 1. The van der Waals surface area contributed by atoms with Crippen LogP contribution in [0.5, 0.6) is 0 Å². The number of benzene rings is 2. The van der Waals surface area contributed by atoms with Crippen LogP contribution >= 0.6 is 11.8 Å². The molecule has 0 fully saturated rings. The zero-order valence-corrected chi connectivity index (χ0v) is 18.7. The fourth-order valence-electron chi connectivity index (χ4n) is 3.31. The monoisotopic (exact) mass is 433 g/mol. The number of nitrogens with one attached hydrogen (secondary N) is 2. The van der Waals surface area contributed by atoms with Crippen LogP contribution in [0.25, 0.3) is 0 Å². The minimum absolute atomic E-state index is 0.187. The molecule has 0 aliphatic carbocycles. The molecule has 2 aromatic carbocycles. The highest BCUT2D eigenvalue weighted by Crippen LogP contribution is 2.16. The molecule has 0 saturated heterocycles. The molecule has 0 aliphatic heterocycles. The number of hydrogen-bond donors (Lipinski definition) is 2. The Morgan fingerprint density at radius 2 is 1.84 bits per heavy atom. The molecule has 1 heterocycles. The van der Waals surface area contributed by atoms with Gasteiger partial charge in [0, 0.05) is 35.9 Å². The van der Waals surface area contributed by atoms with Gasteiger partial charge in [0.1, 0.15) is 0 Å². The number of amides is 2. The smallest absolute Gasteiger partial charge is 0.315 e. The van der Waals surface area contributed by atoms with Gasteiger partial charge in [-0.3, -0.25) is 4.68 Å². The maximum atomic E-state index is 12.2. The second-order valence-electron chi connectivity index (χ2n) is 7.22. The molecule has 3 rings (SSSR count). The van der Waals surface area contributed by atoms with Gasteiger partial charge >= 0.3 is 6.03 Å². The van der Waals surface area contributed by atoms with Crippen LogP contribution in [-0.2, 0) is 18.8 Å². The van der Waals surface area contributed by atoms with Gasteiger partial charge in [0.2, 0.25) is 0 Å². The van der Waals surface area contributed by atoms with Crippen LogP contribution in [0, 0.1) is 25.2 Å². The van der Waals surface area contributed by atoms with Crippen LogP contribution in [0.3, 0.4) is 0 Å². The van der Waals surface area contributed by atoms with Gasteiger partial charge in [-0.15, -0.1) is 0 Å². The zero-order chi connectivity index (χ0) is 22.1. The maximum Gasteiger partial charge on any atom is 0.315 e. The molecule has 0 spiro atoms. The number of thioether (sulfide) groups is 1. The van der Waals surface area contributed by atoms with E-state index in [-0.39, 0.29) is 6.03 Å². The molecule has 0 aliphatic rings. The van der Waals surface area contributed by atoms with Gasteiger partial charge in [0.15, 0.2) is 0 Å². The second-order valence-corrected chi connectivity index (χ2v) is 8.33. The van der Waals surface area contributed by atoms with E-state index >= 15 is 0 Å². The number of nitriles is 1. The van der Waals surface area contributed by atoms with Crippen molar-refractivity contribution < 1.29 is 4.79 Å². The summed E-state index contributed by atoms with van der Waals surface area (Å²) in [6.07, 6.45) is 0. The third-order valence-electron chi connectivity index (χ3n) is 5.06. The van der Waals surface area contributed by atoms with Crippen molar-refractivity contribution in [3.8, 4) is 6.07 Å². The summed E-state index contributed by atoms with van der Waals surface area (Å²) in [6.45, 7) is 5.73. The Morgan fingerprint density at radius 3 is 2.61 bits per heavy atom. The largest absolute Gasteiger partial charge is 0.337 e. The summed E-state index contributed by atoms with van der Waals surface area (Å²) in [7, 11) is 0. The van der Waals surface area contributed by atoms with Crippen molar-refractivity contribution in [3.63, 3.8) is 0 Å². The molecule has 2 N–H and O–H groups in total. The number of aryl methyl sites for hydroxylation is 1. The van der Waals surface area contributed by atoms with Crippen molar-refractivity contribution in [1.82, 2.24) is 20.4 Å². The zero-order valence-electron chi connectivity index (χ0n) is 17.9. The Kier molecular flexibility index (Phi) is 8.13. The lowest BCUT2D eigenvalue weighted by atomic mass is 10.1. The molecular weight excluding hydrogens is 406 g/mol. The minimum atomic E-state index is -0.187. The van der Waals surface area contributed by atoms with Crippen molar-refractivity contribution in [2.75, 3.05) is 12.3 Å². The molecule has 0 saturated carbocycles. The third kappa shape index (κ3) is 6.37. The highest BCUT2D eigenvalue weighted by Gasteiger charge is 2.12. The van der Waals surface area contributed by atoms with Crippen LogP contribution in [0.1, 0.15) is 33.6 Å². The highest BCUT2D eigenvalue weighted by molar-refractivity contribution is 7.98. The molecule has 0 atom stereocenters. The van der Waals surface area contributed by atoms with Crippen LogP contribution < -0.4 is 10.6 Å². The van der Waals surface area contributed by atoms with Gasteiger partial charge < -0.3 is 10.6 Å². The standard InChI is InChI=1S/C24H27N5OS/c1-18-23(19(2)29(28-18)16-20-8-4-3-5-9-20)15-27-24(30)26-12-13-31-17-22-11-7-6-10-21(22)14-25/h3-11H,12-13,15-17H2,1-2H3,(H2,26,27,30). The fourth-order valence-corrected chi connectivity index (χ4v) is 4.17. The molecular formula is C24H27N5OS. The van der Waals surface area contributed by atoms with Crippen molar-refractivity contribution in [2.24, 2.45) is 0 Å². The average molecular weight is 434 g/mol. The minimum Gasteiger partial charge on any atom is -0.337 e. The van der Waals surface area contributed by atoms with Crippen molar-refractivity contribution in [2.45, 2.75) is 32.7 Å². The van der Waals surface area contributed by atoms with Crippen LogP contribution in [-0.4, -0.2) is 28.1 Å². The second kappa shape index (κ2) is 11.2. The normalized spacial score (nSPS) is 10.5. The van der Waals surface area contributed by atoms with E-state index in [1.165, 1.54) is 5.56 Å². The first-order valence-corrected chi connectivity index (χ1v) is 11.4. The number of rotatable bonds is 9. The maximum absolute atomic E-state index is 12.2. The lowest BCUT2D eigenvalue weighted by Gasteiger charge is -2.09. The van der Waals surface area contributed by atoms with E-state index in [0.29, 0.717) is 25.2 Å². The number of hydrogen-bond acceptors (Lipinski definition) is 4. The Bertz CT molecular complexity index is 1060. The van der Waals surface area contributed by atoms with Gasteiger partial charge in [0.25, 0.3) is 0 Å². The molecule has 2 amide bonds. The molecule has 1 aromatic heterocycles. The Balaban J connectivity index is 1.41. The summed E-state index contributed by atoms with van der Waals surface area (Å²) in [5.74, 6) is 1.53. The molecule has 7 heteroatoms. The van der Waals surface area contributed by atoms with Crippen molar-refractivity contribution in [1.29, 1.82) is 5.26 Å². The van der Waals surface area contributed by atoms with Gasteiger partial charge in [-0.2, -0.15) is 22.1 Å². The molecule has 3 aromatic rings. The third-order valence-corrected chi connectivity index (χ3v) is 6.07. The summed E-state index contributed by atoms with van der Waals surface area (Å²) in [5, 5.41) is 19.6. The molecule has 0 radical (unpaired) electrons. The Labute approximate surface area is 187 Å². The predicted molar refractivity (Wildman–Crippen MR) is 125 cm³/mol. The number of nitrogens with zero attached hydrogens (tertiary/aromatic N) is 3. The van der Waals surface area contributed by atoms with Crippen LogP contribution in [0.4, 0.5) is 4.79 Å². The first kappa shape index (κ1) is 22.4. The van der Waals surface area contributed by atoms with Crippen molar-refractivity contribution in [3.05, 3.63) is 88.2 Å². The van der Waals surface area contributed by atoms with E-state index in [4.69, 9.17) is 5.26 Å².